The average molecular weight is 294 g/mol. The van der Waals surface area contributed by atoms with Crippen LogP contribution in [0.4, 0.5) is 0 Å². The van der Waals surface area contributed by atoms with Crippen molar-refractivity contribution in [1.29, 1.82) is 0 Å². The van der Waals surface area contributed by atoms with Gasteiger partial charge in [0.05, 0.1) is 0 Å². The molecule has 0 bridgehead atoms. The zero-order valence-electron chi connectivity index (χ0n) is 8.69. The van der Waals surface area contributed by atoms with Gasteiger partial charge in [-0.25, -0.2) is 8.42 Å². The summed E-state index contributed by atoms with van der Waals surface area (Å²) in [5.41, 5.74) is -0.484. The number of hydrogen-bond donors (Lipinski definition) is 0. The summed E-state index contributed by atoms with van der Waals surface area (Å²) in [7, 11) is -3.50. The van der Waals surface area contributed by atoms with Gasteiger partial charge in [-0.3, -0.25) is 4.79 Å². The number of nitrogens with zero attached hydrogens (tertiary/aromatic N) is 1. The minimum Gasteiger partial charge on any atom is -0.312 e. The predicted octanol–water partition coefficient (Wildman–Crippen LogP) is 1.60. The van der Waals surface area contributed by atoms with Crippen molar-refractivity contribution in [2.45, 2.75) is 24.8 Å². The molecule has 1 aromatic heterocycles. The minimum atomic E-state index is -3.50. The van der Waals surface area contributed by atoms with E-state index in [2.05, 4.69) is 15.9 Å². The molecule has 1 heterocycles. The second-order valence-electron chi connectivity index (χ2n) is 3.57. The number of rotatable bonds is 2. The van der Waals surface area contributed by atoms with Crippen LogP contribution in [-0.4, -0.2) is 19.2 Å². The topological polar surface area (TPSA) is 56.1 Å². The molecule has 0 aliphatic heterocycles. The van der Waals surface area contributed by atoms with Crippen LogP contribution in [0.15, 0.2) is 26.4 Å². The predicted molar refractivity (Wildman–Crippen MR) is 61.9 cm³/mol. The Morgan fingerprint density at radius 3 is 2.33 bits per heavy atom. The molecule has 4 nitrogen and oxygen atoms in total. The van der Waals surface area contributed by atoms with Crippen molar-refractivity contribution in [3.05, 3.63) is 27.1 Å². The molecule has 1 aromatic rings. The molecule has 15 heavy (non-hydrogen) atoms. The van der Waals surface area contributed by atoms with E-state index < -0.39 is 15.4 Å². The summed E-state index contributed by atoms with van der Waals surface area (Å²) in [5.74, 6) is 0. The van der Waals surface area contributed by atoms with Crippen molar-refractivity contribution >= 4 is 25.8 Å². The van der Waals surface area contributed by atoms with Crippen molar-refractivity contribution in [2.24, 2.45) is 0 Å². The monoisotopic (exact) mass is 293 g/mol. The molecule has 0 aromatic carbocycles. The summed E-state index contributed by atoms with van der Waals surface area (Å²) in [5, 5.41) is 0. The summed E-state index contributed by atoms with van der Waals surface area (Å²) in [6.45, 7) is 3.64. The molecule has 0 saturated heterocycles. The maximum atomic E-state index is 11.8. The van der Waals surface area contributed by atoms with Gasteiger partial charge in [-0.2, -0.15) is 0 Å². The van der Waals surface area contributed by atoms with Crippen LogP contribution in [0.25, 0.3) is 0 Å². The van der Waals surface area contributed by atoms with Crippen LogP contribution < -0.4 is 5.56 Å². The third kappa shape index (κ3) is 2.49. The first kappa shape index (κ1) is 12.4. The van der Waals surface area contributed by atoms with Crippen molar-refractivity contribution in [2.75, 3.05) is 6.26 Å². The van der Waals surface area contributed by atoms with Crippen LogP contribution in [-0.2, 0) is 9.84 Å². The maximum Gasteiger partial charge on any atom is 0.270 e. The van der Waals surface area contributed by atoms with Crippen LogP contribution in [0.3, 0.4) is 0 Å². The van der Waals surface area contributed by atoms with E-state index in [0.29, 0.717) is 4.47 Å². The Labute approximate surface area is 97.0 Å². The van der Waals surface area contributed by atoms with Crippen LogP contribution in [0, 0.1) is 0 Å². The van der Waals surface area contributed by atoms with Gasteiger partial charge in [-0.15, -0.1) is 0 Å². The van der Waals surface area contributed by atoms with Gasteiger partial charge in [0.15, 0.2) is 9.84 Å². The van der Waals surface area contributed by atoms with Gasteiger partial charge in [0.1, 0.15) is 4.90 Å². The smallest absolute Gasteiger partial charge is 0.270 e. The number of hydrogen-bond acceptors (Lipinski definition) is 3. The largest absolute Gasteiger partial charge is 0.312 e. The lowest BCUT2D eigenvalue weighted by Gasteiger charge is -2.11. The van der Waals surface area contributed by atoms with E-state index in [9.17, 15) is 13.2 Å². The molecule has 0 aliphatic carbocycles. The molecule has 0 saturated carbocycles. The van der Waals surface area contributed by atoms with Crippen LogP contribution in [0.1, 0.15) is 19.9 Å². The van der Waals surface area contributed by atoms with E-state index in [1.165, 1.54) is 4.57 Å². The summed E-state index contributed by atoms with van der Waals surface area (Å²) < 4.78 is 24.5. The highest BCUT2D eigenvalue weighted by Crippen LogP contribution is 2.18. The first-order valence-electron chi connectivity index (χ1n) is 4.36. The Morgan fingerprint density at radius 2 is 1.93 bits per heavy atom. The van der Waals surface area contributed by atoms with Crippen molar-refractivity contribution in [3.8, 4) is 0 Å². The van der Waals surface area contributed by atoms with E-state index in [1.54, 1.807) is 12.3 Å². The highest BCUT2D eigenvalue weighted by atomic mass is 79.9. The zero-order valence-corrected chi connectivity index (χ0v) is 11.1. The highest BCUT2D eigenvalue weighted by molar-refractivity contribution is 9.10. The summed E-state index contributed by atoms with van der Waals surface area (Å²) in [4.78, 5) is 11.6. The van der Waals surface area contributed by atoms with Gasteiger partial charge in [0.2, 0.25) is 0 Å². The van der Waals surface area contributed by atoms with E-state index >= 15 is 0 Å². The maximum absolute atomic E-state index is 11.8. The van der Waals surface area contributed by atoms with E-state index in [4.69, 9.17) is 0 Å². The molecule has 1 rings (SSSR count). The molecular weight excluding hydrogens is 282 g/mol. The Balaban J connectivity index is 3.67. The number of aromatic nitrogens is 1. The van der Waals surface area contributed by atoms with Gasteiger partial charge < -0.3 is 4.57 Å². The first-order chi connectivity index (χ1) is 6.75. The summed E-state index contributed by atoms with van der Waals surface area (Å²) in [6, 6.07) is 1.50. The average Bonchev–Trinajstić information content (AvgIpc) is 2.00. The van der Waals surface area contributed by atoms with Gasteiger partial charge in [-0.05, 0) is 35.8 Å². The lowest BCUT2D eigenvalue weighted by Crippen LogP contribution is -2.26. The van der Waals surface area contributed by atoms with Crippen LogP contribution >= 0.6 is 15.9 Å². The molecular formula is C9H12BrNO3S. The third-order valence-corrected chi connectivity index (χ3v) is 4.01. The second kappa shape index (κ2) is 4.09. The van der Waals surface area contributed by atoms with Crippen molar-refractivity contribution in [1.82, 2.24) is 4.57 Å². The standard InChI is InChI=1S/C9H12BrNO3S/c1-6(2)11-5-4-7(10)8(9(11)12)15(3,13)14/h4-6H,1-3H3. The highest BCUT2D eigenvalue weighted by Gasteiger charge is 2.19. The van der Waals surface area contributed by atoms with Crippen LogP contribution in [0.5, 0.6) is 0 Å². The van der Waals surface area contributed by atoms with E-state index in [-0.39, 0.29) is 10.9 Å². The molecule has 0 unspecified atom stereocenters. The molecule has 0 radical (unpaired) electrons. The fourth-order valence-electron chi connectivity index (χ4n) is 1.25. The lowest BCUT2D eigenvalue weighted by molar-refractivity contribution is 0.560. The molecule has 0 aliphatic rings. The molecule has 0 atom stereocenters. The van der Waals surface area contributed by atoms with Gasteiger partial charge >= 0.3 is 0 Å². The molecule has 6 heteroatoms. The Bertz CT molecular complexity index is 531. The third-order valence-electron chi connectivity index (χ3n) is 1.95. The number of pyridine rings is 1. The normalized spacial score (nSPS) is 12.1. The molecule has 0 spiro atoms. The molecule has 84 valence electrons. The summed E-state index contributed by atoms with van der Waals surface area (Å²) in [6.07, 6.45) is 2.60. The second-order valence-corrected chi connectivity index (χ2v) is 6.38. The van der Waals surface area contributed by atoms with E-state index in [1.807, 2.05) is 13.8 Å². The zero-order chi connectivity index (χ0) is 11.8. The van der Waals surface area contributed by atoms with Crippen molar-refractivity contribution in [3.63, 3.8) is 0 Å². The molecule has 0 fully saturated rings. The van der Waals surface area contributed by atoms with Crippen LogP contribution in [0.2, 0.25) is 0 Å². The fourth-order valence-corrected chi connectivity index (χ4v) is 3.27. The Morgan fingerprint density at radius 1 is 1.40 bits per heavy atom. The molecule has 0 amide bonds. The number of sulfone groups is 1. The van der Waals surface area contributed by atoms with Gasteiger partial charge in [-0.1, -0.05) is 0 Å². The lowest BCUT2D eigenvalue weighted by atomic mass is 10.3. The SMILES string of the molecule is CC(C)n1ccc(Br)c(S(C)(=O)=O)c1=O. The minimum absolute atomic E-state index is 0.0638. The molecule has 0 N–H and O–H groups in total. The fraction of sp³-hybridized carbons (Fsp3) is 0.444. The van der Waals surface area contributed by atoms with E-state index in [0.717, 1.165) is 6.26 Å². The van der Waals surface area contributed by atoms with Crippen molar-refractivity contribution < 1.29 is 8.42 Å². The quantitative estimate of drug-likeness (QED) is 0.832. The Kier molecular flexibility index (Phi) is 3.40. The first-order valence-corrected chi connectivity index (χ1v) is 7.04. The summed E-state index contributed by atoms with van der Waals surface area (Å²) >= 11 is 3.07. The van der Waals surface area contributed by atoms with Gasteiger partial charge in [0, 0.05) is 23.0 Å². The number of halogens is 1. The van der Waals surface area contributed by atoms with Gasteiger partial charge in [0.25, 0.3) is 5.56 Å². The Hall–Kier alpha value is -0.620.